The number of H-pyrrole nitrogens is 1. The van der Waals surface area contributed by atoms with Crippen molar-refractivity contribution in [3.63, 3.8) is 0 Å². The van der Waals surface area contributed by atoms with Gasteiger partial charge in [0, 0.05) is 24.5 Å². The van der Waals surface area contributed by atoms with Crippen molar-refractivity contribution in [2.45, 2.75) is 18.9 Å². The lowest BCUT2D eigenvalue weighted by Gasteiger charge is -2.24. The van der Waals surface area contributed by atoms with Gasteiger partial charge in [0.2, 0.25) is 17.6 Å². The molecular weight excluding hydrogens is 353 g/mol. The zero-order valence-corrected chi connectivity index (χ0v) is 13.9. The van der Waals surface area contributed by atoms with Gasteiger partial charge in [0.1, 0.15) is 17.3 Å². The number of anilines is 1. The third-order valence-corrected chi connectivity index (χ3v) is 4.12. The molecule has 2 aromatic heterocycles. The second-order valence-electron chi connectivity index (χ2n) is 5.95. The number of hydrogen-bond acceptors (Lipinski definition) is 6. The molecule has 27 heavy (non-hydrogen) atoms. The van der Waals surface area contributed by atoms with Gasteiger partial charge in [-0.05, 0) is 17.7 Å². The Balaban J connectivity index is 1.46. The second kappa shape index (κ2) is 6.90. The number of rotatable bonds is 4. The van der Waals surface area contributed by atoms with Gasteiger partial charge < -0.3 is 10.6 Å². The molecule has 9 nitrogen and oxygen atoms in total. The van der Waals surface area contributed by atoms with Crippen LogP contribution < -0.4 is 10.6 Å². The quantitative estimate of drug-likeness (QED) is 0.635. The van der Waals surface area contributed by atoms with Crippen LogP contribution in [0.25, 0.3) is 11.5 Å². The summed E-state index contributed by atoms with van der Waals surface area (Å²) in [6.45, 7) is 0.0980. The van der Waals surface area contributed by atoms with Crippen LogP contribution in [0.4, 0.5) is 10.1 Å². The number of nitrogens with one attached hydrogen (secondary N) is 3. The third kappa shape index (κ3) is 3.50. The van der Waals surface area contributed by atoms with Crippen molar-refractivity contribution in [1.29, 1.82) is 0 Å². The van der Waals surface area contributed by atoms with E-state index in [2.05, 4.69) is 35.8 Å². The Morgan fingerprint density at radius 1 is 1.33 bits per heavy atom. The first-order valence-electron chi connectivity index (χ1n) is 8.15. The van der Waals surface area contributed by atoms with Crippen LogP contribution in [0.15, 0.2) is 36.8 Å². The summed E-state index contributed by atoms with van der Waals surface area (Å²) in [6.07, 6.45) is 4.59. The van der Waals surface area contributed by atoms with E-state index in [9.17, 15) is 14.0 Å². The molecule has 0 spiro atoms. The van der Waals surface area contributed by atoms with Gasteiger partial charge in [-0.2, -0.15) is 5.10 Å². The summed E-state index contributed by atoms with van der Waals surface area (Å²) in [5.41, 5.74) is 1.40. The minimum absolute atomic E-state index is 0.00821. The Kier molecular flexibility index (Phi) is 4.29. The average molecular weight is 367 g/mol. The first-order chi connectivity index (χ1) is 13.1. The molecule has 0 bridgehead atoms. The average Bonchev–Trinajstić information content (AvgIpc) is 3.15. The number of carbonyl (C=O) groups is 2. The molecule has 2 amide bonds. The molecule has 0 aliphatic carbocycles. The molecule has 1 aliphatic heterocycles. The van der Waals surface area contributed by atoms with Crippen LogP contribution in [-0.4, -0.2) is 37.0 Å². The van der Waals surface area contributed by atoms with E-state index in [1.54, 1.807) is 6.20 Å². The largest absolute Gasteiger partial charge is 0.348 e. The lowest BCUT2D eigenvalue weighted by Crippen LogP contribution is -2.35. The maximum Gasteiger partial charge on any atom is 0.228 e. The number of hydrogen-bond donors (Lipinski definition) is 3. The summed E-state index contributed by atoms with van der Waals surface area (Å²) in [7, 11) is 0. The van der Waals surface area contributed by atoms with Gasteiger partial charge in [-0.25, -0.2) is 14.4 Å². The predicted molar refractivity (Wildman–Crippen MR) is 91.6 cm³/mol. The molecule has 0 saturated carbocycles. The number of amides is 2. The van der Waals surface area contributed by atoms with Crippen LogP contribution in [0.3, 0.4) is 0 Å². The molecule has 10 heteroatoms. The molecule has 0 unspecified atom stereocenters. The Hall–Kier alpha value is -3.69. The zero-order valence-electron chi connectivity index (χ0n) is 13.9. The number of nitrogens with zero attached hydrogens (tertiary/aromatic N) is 4. The first-order valence-corrected chi connectivity index (χ1v) is 8.15. The molecule has 0 radical (unpaired) electrons. The fourth-order valence-electron chi connectivity index (χ4n) is 2.87. The summed E-state index contributed by atoms with van der Waals surface area (Å²) >= 11 is 0. The summed E-state index contributed by atoms with van der Waals surface area (Å²) in [5, 5.41) is 12.1. The van der Waals surface area contributed by atoms with Crippen LogP contribution >= 0.6 is 0 Å². The third-order valence-electron chi connectivity index (χ3n) is 4.12. The smallest absolute Gasteiger partial charge is 0.228 e. The Labute approximate surface area is 152 Å². The molecule has 136 valence electrons. The van der Waals surface area contributed by atoms with Gasteiger partial charge in [0.15, 0.2) is 0 Å². The van der Waals surface area contributed by atoms with E-state index in [0.29, 0.717) is 28.6 Å². The molecule has 0 fully saturated rings. The second-order valence-corrected chi connectivity index (χ2v) is 5.95. The highest BCUT2D eigenvalue weighted by Crippen LogP contribution is 2.32. The van der Waals surface area contributed by atoms with Crippen molar-refractivity contribution < 1.29 is 14.0 Å². The minimum Gasteiger partial charge on any atom is -0.348 e. The maximum atomic E-state index is 13.4. The van der Waals surface area contributed by atoms with Gasteiger partial charge in [-0.3, -0.25) is 19.7 Å². The number of benzene rings is 1. The van der Waals surface area contributed by atoms with Crippen molar-refractivity contribution >= 4 is 17.5 Å². The van der Waals surface area contributed by atoms with Crippen LogP contribution in [0, 0.1) is 5.82 Å². The summed E-state index contributed by atoms with van der Waals surface area (Å²) in [4.78, 5) is 36.7. The standard InChI is InChI=1S/C17H14FN7O2/c18-9-1-2-10-11(6-15(26)22-12(10)5-9)17(27)21-8-14-23-16(25-24-14)13-7-19-3-4-20-13/h1-5,7,11H,6,8H2,(H,21,27)(H,22,26)(H,23,24,25)/t11-/m0/s1. The lowest BCUT2D eigenvalue weighted by atomic mass is 9.89. The SMILES string of the molecule is O=C1C[C@H](C(=O)NCc2nc(-c3cnccn3)n[nH]2)c2ccc(F)cc2N1. The van der Waals surface area contributed by atoms with Gasteiger partial charge in [0.05, 0.1) is 18.7 Å². The van der Waals surface area contributed by atoms with Gasteiger partial charge in [-0.1, -0.05) is 6.07 Å². The van der Waals surface area contributed by atoms with E-state index < -0.39 is 11.7 Å². The molecule has 0 saturated heterocycles. The number of aromatic amines is 1. The summed E-state index contributed by atoms with van der Waals surface area (Å²) < 4.78 is 13.4. The van der Waals surface area contributed by atoms with Gasteiger partial charge in [-0.15, -0.1) is 0 Å². The highest BCUT2D eigenvalue weighted by molar-refractivity contribution is 6.01. The number of fused-ring (bicyclic) bond motifs is 1. The van der Waals surface area contributed by atoms with Crippen LogP contribution in [0.1, 0.15) is 23.7 Å². The fraction of sp³-hybridized carbons (Fsp3) is 0.176. The lowest BCUT2D eigenvalue weighted by molar-refractivity contribution is -0.126. The van der Waals surface area contributed by atoms with Crippen molar-refractivity contribution in [3.8, 4) is 11.5 Å². The normalized spacial score (nSPS) is 15.7. The van der Waals surface area contributed by atoms with Crippen molar-refractivity contribution in [2.24, 2.45) is 0 Å². The molecule has 3 N–H and O–H groups in total. The fourth-order valence-corrected chi connectivity index (χ4v) is 2.87. The maximum absolute atomic E-state index is 13.4. The van der Waals surface area contributed by atoms with Crippen LogP contribution in [0.5, 0.6) is 0 Å². The number of aromatic nitrogens is 5. The number of carbonyl (C=O) groups excluding carboxylic acids is 2. The van der Waals surface area contributed by atoms with E-state index in [0.717, 1.165) is 0 Å². The highest BCUT2D eigenvalue weighted by atomic mass is 19.1. The molecule has 3 aromatic rings. The van der Waals surface area contributed by atoms with Crippen molar-refractivity contribution in [3.05, 3.63) is 54.0 Å². The van der Waals surface area contributed by atoms with Gasteiger partial charge in [0.25, 0.3) is 0 Å². The van der Waals surface area contributed by atoms with E-state index in [-0.39, 0.29) is 24.8 Å². The molecule has 1 aliphatic rings. The van der Waals surface area contributed by atoms with Crippen LogP contribution in [0.2, 0.25) is 0 Å². The predicted octanol–water partition coefficient (Wildman–Crippen LogP) is 1.14. The highest BCUT2D eigenvalue weighted by Gasteiger charge is 2.30. The summed E-state index contributed by atoms with van der Waals surface area (Å²) in [5.74, 6) is -1.06. The molecule has 1 atom stereocenters. The first kappa shape index (κ1) is 16.8. The number of halogens is 1. The van der Waals surface area contributed by atoms with E-state index in [1.807, 2.05) is 0 Å². The summed E-state index contributed by atoms with van der Waals surface area (Å²) in [6, 6.07) is 3.98. The molecule has 4 rings (SSSR count). The van der Waals surface area contributed by atoms with Gasteiger partial charge >= 0.3 is 0 Å². The Morgan fingerprint density at radius 2 is 2.22 bits per heavy atom. The van der Waals surface area contributed by atoms with E-state index in [1.165, 1.54) is 30.6 Å². The Morgan fingerprint density at radius 3 is 3.04 bits per heavy atom. The zero-order chi connectivity index (χ0) is 18.8. The molecule has 1 aromatic carbocycles. The van der Waals surface area contributed by atoms with E-state index in [4.69, 9.17) is 0 Å². The van der Waals surface area contributed by atoms with Crippen LogP contribution in [-0.2, 0) is 16.1 Å². The monoisotopic (exact) mass is 367 g/mol. The minimum atomic E-state index is -0.697. The Bertz CT molecular complexity index is 1010. The van der Waals surface area contributed by atoms with E-state index >= 15 is 0 Å². The molecule has 3 heterocycles. The molecular formula is C17H14FN7O2. The van der Waals surface area contributed by atoms with Crippen molar-refractivity contribution in [2.75, 3.05) is 5.32 Å². The van der Waals surface area contributed by atoms with Crippen molar-refractivity contribution in [1.82, 2.24) is 30.5 Å². The topological polar surface area (TPSA) is 126 Å².